The molecule has 1 aromatic heterocycles. The molecule has 0 aliphatic rings. The molecule has 158 valence electrons. The lowest BCUT2D eigenvalue weighted by atomic mass is 10.1. The highest BCUT2D eigenvalue weighted by atomic mass is 16.6. The minimum Gasteiger partial charge on any atom is -0.478 e. The highest BCUT2D eigenvalue weighted by molar-refractivity contribution is 6.06. The monoisotopic (exact) mass is 410 g/mol. The molecular formula is C23H26N2O5. The van der Waals surface area contributed by atoms with E-state index in [1.165, 1.54) is 12.2 Å². The Kier molecular flexibility index (Phi) is 7.36. The number of allylic oxidation sites excluding steroid dienone is 1. The van der Waals surface area contributed by atoms with E-state index in [9.17, 15) is 14.4 Å². The maximum Gasteiger partial charge on any atom is 0.407 e. The van der Waals surface area contributed by atoms with Crippen molar-refractivity contribution in [3.05, 3.63) is 71.1 Å². The molecule has 0 fully saturated rings. The molecule has 1 aromatic carbocycles. The van der Waals surface area contributed by atoms with E-state index in [4.69, 9.17) is 9.84 Å². The number of hydrogen-bond donors (Lipinski definition) is 2. The Morgan fingerprint density at radius 1 is 1.00 bits per heavy atom. The van der Waals surface area contributed by atoms with Gasteiger partial charge in [0.25, 0.3) is 0 Å². The van der Waals surface area contributed by atoms with Crippen LogP contribution < -0.4 is 5.32 Å². The normalized spacial score (nSPS) is 11.7. The fourth-order valence-electron chi connectivity index (χ4n) is 2.57. The van der Waals surface area contributed by atoms with Gasteiger partial charge >= 0.3 is 12.1 Å². The summed E-state index contributed by atoms with van der Waals surface area (Å²) in [6, 6.07) is 10.5. The Balaban J connectivity index is 1.96. The van der Waals surface area contributed by atoms with Crippen molar-refractivity contribution in [1.29, 1.82) is 0 Å². The van der Waals surface area contributed by atoms with Gasteiger partial charge in [0, 0.05) is 36.6 Å². The summed E-state index contributed by atoms with van der Waals surface area (Å²) in [5.74, 6) is -1.18. The van der Waals surface area contributed by atoms with Crippen LogP contribution in [0.2, 0.25) is 0 Å². The van der Waals surface area contributed by atoms with E-state index in [0.29, 0.717) is 17.8 Å². The third-order valence-electron chi connectivity index (χ3n) is 4.08. The number of benzene rings is 1. The number of carbonyl (C=O) groups is 3. The van der Waals surface area contributed by atoms with E-state index < -0.39 is 17.7 Å². The number of carboxylic acids is 1. The van der Waals surface area contributed by atoms with Crippen molar-refractivity contribution in [3.8, 4) is 0 Å². The van der Waals surface area contributed by atoms with Gasteiger partial charge in [-0.1, -0.05) is 24.3 Å². The largest absolute Gasteiger partial charge is 0.478 e. The first kappa shape index (κ1) is 22.7. The molecule has 0 aliphatic heterocycles. The van der Waals surface area contributed by atoms with Crippen molar-refractivity contribution in [1.82, 2.24) is 9.88 Å². The highest BCUT2D eigenvalue weighted by Gasteiger charge is 2.15. The molecule has 0 radical (unpaired) electrons. The average Bonchev–Trinajstić information content (AvgIpc) is 3.01. The summed E-state index contributed by atoms with van der Waals surface area (Å²) < 4.78 is 6.97. The zero-order valence-electron chi connectivity index (χ0n) is 17.5. The first-order chi connectivity index (χ1) is 14.0. The van der Waals surface area contributed by atoms with E-state index in [1.807, 2.05) is 0 Å². The molecule has 30 heavy (non-hydrogen) atoms. The van der Waals surface area contributed by atoms with Gasteiger partial charge in [0.1, 0.15) is 5.60 Å². The molecule has 0 spiro atoms. The number of hydrogen-bond acceptors (Lipinski definition) is 4. The standard InChI is InChI=1S/C23H26N2O5/c1-23(2,3)30-22(29)24-15-16-5-7-17(8-6-16)20(26)13-11-18-9-10-19(25(18)4)12-14-21(27)28/h5-14H,15H2,1-4H3,(H,24,29)(H,27,28)/b13-11+,14-12+. The summed E-state index contributed by atoms with van der Waals surface area (Å²) in [4.78, 5) is 34.7. The van der Waals surface area contributed by atoms with Gasteiger partial charge in [0.15, 0.2) is 5.78 Å². The first-order valence-corrected chi connectivity index (χ1v) is 9.40. The van der Waals surface area contributed by atoms with Crippen LogP contribution in [0.5, 0.6) is 0 Å². The average molecular weight is 410 g/mol. The van der Waals surface area contributed by atoms with Crippen LogP contribution in [0.4, 0.5) is 4.79 Å². The molecule has 0 atom stereocenters. The number of aromatic nitrogens is 1. The van der Waals surface area contributed by atoms with Crippen molar-refractivity contribution in [2.75, 3.05) is 0 Å². The van der Waals surface area contributed by atoms with Gasteiger partial charge in [-0.05, 0) is 56.7 Å². The Hall–Kier alpha value is -3.61. The van der Waals surface area contributed by atoms with Gasteiger partial charge in [0.05, 0.1) is 0 Å². The maximum atomic E-state index is 12.4. The number of ether oxygens (including phenoxy) is 1. The van der Waals surface area contributed by atoms with Crippen molar-refractivity contribution < 1.29 is 24.2 Å². The molecule has 0 aliphatic carbocycles. The molecule has 0 bridgehead atoms. The number of nitrogens with zero attached hydrogens (tertiary/aromatic N) is 1. The molecular weight excluding hydrogens is 384 g/mol. The molecule has 1 amide bonds. The van der Waals surface area contributed by atoms with Gasteiger partial charge in [-0.3, -0.25) is 4.79 Å². The lowest BCUT2D eigenvalue weighted by Gasteiger charge is -2.19. The SMILES string of the molecule is Cn1c(/C=C/C(=O)O)ccc1/C=C/C(=O)c1ccc(CNC(=O)OC(C)(C)C)cc1. The maximum absolute atomic E-state index is 12.4. The van der Waals surface area contributed by atoms with Crippen LogP contribution in [0.15, 0.2) is 48.6 Å². The number of amides is 1. The summed E-state index contributed by atoms with van der Waals surface area (Å²) >= 11 is 0. The van der Waals surface area contributed by atoms with Crippen LogP contribution >= 0.6 is 0 Å². The van der Waals surface area contributed by atoms with E-state index in [0.717, 1.165) is 17.3 Å². The lowest BCUT2D eigenvalue weighted by Crippen LogP contribution is -2.32. The topological polar surface area (TPSA) is 97.6 Å². The smallest absolute Gasteiger partial charge is 0.407 e. The second-order valence-electron chi connectivity index (χ2n) is 7.66. The summed E-state index contributed by atoms with van der Waals surface area (Å²) in [6.07, 6.45) is 5.20. The Bertz CT molecular complexity index is 976. The minimum atomic E-state index is -1.02. The first-order valence-electron chi connectivity index (χ1n) is 9.40. The van der Waals surface area contributed by atoms with Crippen molar-refractivity contribution in [2.45, 2.75) is 32.9 Å². The lowest BCUT2D eigenvalue weighted by molar-refractivity contribution is -0.131. The number of ketones is 1. The van der Waals surface area contributed by atoms with Crippen LogP contribution in [0.1, 0.15) is 48.1 Å². The highest BCUT2D eigenvalue weighted by Crippen LogP contribution is 2.13. The second-order valence-corrected chi connectivity index (χ2v) is 7.66. The molecule has 7 heteroatoms. The fourth-order valence-corrected chi connectivity index (χ4v) is 2.57. The van der Waals surface area contributed by atoms with E-state index in [2.05, 4.69) is 5.32 Å². The summed E-state index contributed by atoms with van der Waals surface area (Å²) in [5.41, 5.74) is 2.29. The molecule has 0 saturated heterocycles. The predicted molar refractivity (Wildman–Crippen MR) is 115 cm³/mol. The van der Waals surface area contributed by atoms with Crippen LogP contribution in [0.25, 0.3) is 12.2 Å². The van der Waals surface area contributed by atoms with E-state index in [1.54, 1.807) is 74.9 Å². The van der Waals surface area contributed by atoms with Gasteiger partial charge in [0.2, 0.25) is 0 Å². The molecule has 2 rings (SSSR count). The fraction of sp³-hybridized carbons (Fsp3) is 0.261. The van der Waals surface area contributed by atoms with Crippen LogP contribution in [0, 0.1) is 0 Å². The Morgan fingerprint density at radius 3 is 2.10 bits per heavy atom. The quantitative estimate of drug-likeness (QED) is 0.530. The Labute approximate surface area is 175 Å². The van der Waals surface area contributed by atoms with Crippen molar-refractivity contribution >= 4 is 30.0 Å². The predicted octanol–water partition coefficient (Wildman–Crippen LogP) is 4.04. The van der Waals surface area contributed by atoms with E-state index >= 15 is 0 Å². The van der Waals surface area contributed by atoms with Gasteiger partial charge in [-0.2, -0.15) is 0 Å². The second kappa shape index (κ2) is 9.73. The van der Waals surface area contributed by atoms with Crippen LogP contribution in [-0.4, -0.2) is 33.1 Å². The molecule has 0 saturated carbocycles. The van der Waals surface area contributed by atoms with Crippen LogP contribution in [0.3, 0.4) is 0 Å². The number of carbonyl (C=O) groups excluding carboxylic acids is 2. The number of carboxylic acid groups (broad SMARTS) is 1. The van der Waals surface area contributed by atoms with Gasteiger partial charge in [-0.25, -0.2) is 9.59 Å². The zero-order valence-corrected chi connectivity index (χ0v) is 17.5. The number of aliphatic carboxylic acids is 1. The zero-order chi connectivity index (χ0) is 22.3. The van der Waals surface area contributed by atoms with Gasteiger partial charge in [-0.15, -0.1) is 0 Å². The Morgan fingerprint density at radius 2 is 1.57 bits per heavy atom. The number of alkyl carbamates (subject to hydrolysis) is 1. The van der Waals surface area contributed by atoms with E-state index in [-0.39, 0.29) is 5.78 Å². The summed E-state index contributed by atoms with van der Waals surface area (Å²) in [6.45, 7) is 5.69. The van der Waals surface area contributed by atoms with Crippen LogP contribution in [-0.2, 0) is 23.1 Å². The summed E-state index contributed by atoms with van der Waals surface area (Å²) in [7, 11) is 1.79. The van der Waals surface area contributed by atoms with Gasteiger partial charge < -0.3 is 19.7 Å². The minimum absolute atomic E-state index is 0.162. The molecule has 7 nitrogen and oxygen atoms in total. The number of nitrogens with one attached hydrogen (secondary N) is 1. The third kappa shape index (κ3) is 7.09. The number of rotatable bonds is 7. The molecule has 2 aromatic rings. The summed E-state index contributed by atoms with van der Waals surface area (Å²) in [5, 5.41) is 11.4. The van der Waals surface area contributed by atoms with Crippen molar-refractivity contribution in [3.63, 3.8) is 0 Å². The molecule has 0 unspecified atom stereocenters. The third-order valence-corrected chi connectivity index (χ3v) is 4.08. The van der Waals surface area contributed by atoms with Crippen molar-refractivity contribution in [2.24, 2.45) is 7.05 Å². The molecule has 2 N–H and O–H groups in total. The molecule has 1 heterocycles.